The molecule has 0 saturated heterocycles. The first-order chi connectivity index (χ1) is 30.6. The van der Waals surface area contributed by atoms with Crippen LogP contribution < -0.4 is 32.3 Å². The molecule has 1 aromatic heterocycles. The molecular formula is C46H62N8O10. The van der Waals surface area contributed by atoms with Crippen molar-refractivity contribution < 1.29 is 49.2 Å². The second-order valence-electron chi connectivity index (χ2n) is 15.9. The molecule has 5 amide bonds. The number of phenolic OH excluding ortho intramolecular Hbond substituents is 1. The minimum atomic E-state index is -1.63. The number of H-pyrrole nitrogens is 1. The summed E-state index contributed by atoms with van der Waals surface area (Å²) in [6.07, 6.45) is -0.274. The van der Waals surface area contributed by atoms with E-state index >= 15 is 0 Å². The van der Waals surface area contributed by atoms with E-state index in [1.165, 1.54) is 31.0 Å². The number of likely N-dealkylation sites (N-methyl/N-ethyl adjacent to an activating group) is 2. The number of carboxylic acids is 1. The van der Waals surface area contributed by atoms with Gasteiger partial charge in [0.15, 0.2) is 6.23 Å². The smallest absolute Gasteiger partial charge is 0.303 e. The van der Waals surface area contributed by atoms with Gasteiger partial charge in [-0.25, -0.2) is 0 Å². The van der Waals surface area contributed by atoms with Gasteiger partial charge in [-0.1, -0.05) is 60.7 Å². The number of para-hydroxylation sites is 1. The van der Waals surface area contributed by atoms with Gasteiger partial charge >= 0.3 is 5.97 Å². The number of aliphatic carboxylic acids is 1. The van der Waals surface area contributed by atoms with Crippen LogP contribution in [0.5, 0.6) is 5.75 Å². The van der Waals surface area contributed by atoms with E-state index in [2.05, 4.69) is 31.6 Å². The van der Waals surface area contributed by atoms with Crippen molar-refractivity contribution >= 4 is 46.4 Å². The number of aromatic nitrogens is 1. The zero-order valence-corrected chi connectivity index (χ0v) is 36.5. The summed E-state index contributed by atoms with van der Waals surface area (Å²) in [5.41, 5.74) is 8.60. The van der Waals surface area contributed by atoms with Gasteiger partial charge < -0.3 is 62.6 Å². The maximum Gasteiger partial charge on any atom is 0.303 e. The lowest BCUT2D eigenvalue weighted by Crippen LogP contribution is -2.60. The van der Waals surface area contributed by atoms with Gasteiger partial charge in [-0.3, -0.25) is 28.8 Å². The number of nitrogens with two attached hydrogens (primary N) is 1. The van der Waals surface area contributed by atoms with E-state index in [0.717, 1.165) is 16.5 Å². The molecule has 12 N–H and O–H groups in total. The van der Waals surface area contributed by atoms with E-state index in [1.54, 1.807) is 25.4 Å². The topological polar surface area (TPSA) is 289 Å². The van der Waals surface area contributed by atoms with E-state index in [1.807, 2.05) is 54.6 Å². The molecule has 0 aliphatic heterocycles. The van der Waals surface area contributed by atoms with E-state index in [4.69, 9.17) is 5.73 Å². The lowest BCUT2D eigenvalue weighted by atomic mass is 10.00. The Morgan fingerprint density at radius 2 is 1.31 bits per heavy atom. The van der Waals surface area contributed by atoms with Crippen LogP contribution in [-0.4, -0.2) is 129 Å². The molecule has 0 saturated carbocycles. The van der Waals surface area contributed by atoms with E-state index in [-0.39, 0.29) is 31.4 Å². The first kappa shape index (κ1) is 50.3. The van der Waals surface area contributed by atoms with Crippen molar-refractivity contribution in [3.8, 4) is 5.75 Å². The van der Waals surface area contributed by atoms with Crippen molar-refractivity contribution in [2.45, 2.75) is 107 Å². The summed E-state index contributed by atoms with van der Waals surface area (Å²) >= 11 is 0. The predicted molar refractivity (Wildman–Crippen MR) is 239 cm³/mol. The number of aromatic amines is 1. The lowest BCUT2D eigenvalue weighted by Gasteiger charge is -2.32. The molecular weight excluding hydrogens is 825 g/mol. The van der Waals surface area contributed by atoms with Gasteiger partial charge in [0.2, 0.25) is 29.5 Å². The molecule has 7 atom stereocenters. The van der Waals surface area contributed by atoms with Gasteiger partial charge in [0.05, 0.1) is 12.1 Å². The Balaban J connectivity index is 1.67. The maximum atomic E-state index is 14.6. The number of rotatable bonds is 26. The summed E-state index contributed by atoms with van der Waals surface area (Å²) in [6.45, 7) is 1.60. The predicted octanol–water partition coefficient (Wildman–Crippen LogP) is 0.970. The van der Waals surface area contributed by atoms with Crippen molar-refractivity contribution in [1.29, 1.82) is 0 Å². The third-order valence-electron chi connectivity index (χ3n) is 11.0. The van der Waals surface area contributed by atoms with E-state index in [9.17, 15) is 49.2 Å². The summed E-state index contributed by atoms with van der Waals surface area (Å²) in [6, 6.07) is 16.7. The normalized spacial score (nSPS) is 14.5. The van der Waals surface area contributed by atoms with Gasteiger partial charge in [-0.15, -0.1) is 0 Å². The number of carboxylic acid groups (broad SMARTS) is 1. The molecule has 4 rings (SSSR count). The number of amides is 5. The van der Waals surface area contributed by atoms with Crippen LogP contribution in [0, 0.1) is 0 Å². The Labute approximate surface area is 372 Å². The number of aliphatic hydroxyl groups excluding tert-OH is 2. The van der Waals surface area contributed by atoms with Crippen LogP contribution in [0.15, 0.2) is 85.1 Å². The van der Waals surface area contributed by atoms with Crippen molar-refractivity contribution in [2.75, 3.05) is 20.6 Å². The zero-order valence-electron chi connectivity index (χ0n) is 36.5. The number of aryl methyl sites for hydroxylation is 1. The summed E-state index contributed by atoms with van der Waals surface area (Å²) in [4.78, 5) is 86.7. The zero-order chi connectivity index (χ0) is 46.8. The van der Waals surface area contributed by atoms with Crippen LogP contribution in [0.3, 0.4) is 0 Å². The molecule has 0 aliphatic carbocycles. The monoisotopic (exact) mass is 886 g/mol. The number of carbonyl (C=O) groups is 6. The number of benzene rings is 3. The molecule has 64 heavy (non-hydrogen) atoms. The van der Waals surface area contributed by atoms with E-state index in [0.29, 0.717) is 43.4 Å². The highest BCUT2D eigenvalue weighted by Crippen LogP contribution is 2.20. The van der Waals surface area contributed by atoms with Gasteiger partial charge in [0.25, 0.3) is 0 Å². The Bertz CT molecular complexity index is 2150. The Morgan fingerprint density at radius 3 is 1.95 bits per heavy atom. The highest BCUT2D eigenvalue weighted by Gasteiger charge is 2.35. The van der Waals surface area contributed by atoms with Crippen LogP contribution >= 0.6 is 0 Å². The molecule has 1 heterocycles. The van der Waals surface area contributed by atoms with Gasteiger partial charge in [0, 0.05) is 43.4 Å². The Hall–Kier alpha value is -6.34. The van der Waals surface area contributed by atoms with Crippen LogP contribution in [-0.2, 0) is 48.0 Å². The first-order valence-corrected chi connectivity index (χ1v) is 21.4. The second-order valence-corrected chi connectivity index (χ2v) is 15.9. The molecule has 0 spiro atoms. The number of carbonyl (C=O) groups excluding carboxylic acids is 5. The molecule has 4 aromatic rings. The average molecular weight is 887 g/mol. The third kappa shape index (κ3) is 15.2. The van der Waals surface area contributed by atoms with E-state index < -0.39 is 84.5 Å². The number of nitrogens with one attached hydrogen (secondary N) is 6. The number of aromatic hydroxyl groups is 1. The van der Waals surface area contributed by atoms with Crippen molar-refractivity contribution in [3.63, 3.8) is 0 Å². The van der Waals surface area contributed by atoms with Crippen LogP contribution in [0.4, 0.5) is 0 Å². The fourth-order valence-electron chi connectivity index (χ4n) is 7.25. The number of fused-ring (bicyclic) bond motifs is 1. The molecule has 18 nitrogen and oxygen atoms in total. The highest BCUT2D eigenvalue weighted by atomic mass is 16.4. The molecule has 0 bridgehead atoms. The van der Waals surface area contributed by atoms with Gasteiger partial charge in [0.1, 0.15) is 29.9 Å². The minimum absolute atomic E-state index is 0.0458. The summed E-state index contributed by atoms with van der Waals surface area (Å²) < 4.78 is 0. The highest BCUT2D eigenvalue weighted by molar-refractivity contribution is 5.96. The second kappa shape index (κ2) is 25.1. The molecule has 0 aliphatic rings. The van der Waals surface area contributed by atoms with Crippen LogP contribution in [0.1, 0.15) is 62.1 Å². The fourth-order valence-corrected chi connectivity index (χ4v) is 7.25. The van der Waals surface area contributed by atoms with Crippen LogP contribution in [0.25, 0.3) is 10.9 Å². The third-order valence-corrected chi connectivity index (χ3v) is 11.0. The van der Waals surface area contributed by atoms with Crippen molar-refractivity contribution in [2.24, 2.45) is 5.73 Å². The minimum Gasteiger partial charge on any atom is -0.508 e. The van der Waals surface area contributed by atoms with Gasteiger partial charge in [-0.05, 0) is 93.9 Å². The molecule has 3 aromatic carbocycles. The largest absolute Gasteiger partial charge is 0.508 e. The number of phenols is 1. The number of nitrogens with zero attached hydrogens (tertiary/aromatic N) is 1. The van der Waals surface area contributed by atoms with Crippen molar-refractivity contribution in [3.05, 3.63) is 102 Å². The molecule has 0 radical (unpaired) electrons. The summed E-state index contributed by atoms with van der Waals surface area (Å²) in [5.74, 6) is -4.91. The lowest BCUT2D eigenvalue weighted by molar-refractivity contribution is -0.143. The number of hydrogen-bond donors (Lipinski definition) is 11. The molecule has 1 unspecified atom stereocenters. The number of aliphatic hydroxyl groups is 2. The van der Waals surface area contributed by atoms with Gasteiger partial charge in [-0.2, -0.15) is 0 Å². The Morgan fingerprint density at radius 1 is 0.703 bits per heavy atom. The summed E-state index contributed by atoms with van der Waals surface area (Å²) in [7, 11) is 3.01. The average Bonchev–Trinajstić information content (AvgIpc) is 3.68. The van der Waals surface area contributed by atoms with Crippen molar-refractivity contribution in [1.82, 2.24) is 36.5 Å². The van der Waals surface area contributed by atoms with Crippen LogP contribution in [0.2, 0.25) is 0 Å². The molecule has 0 fully saturated rings. The summed E-state index contributed by atoms with van der Waals surface area (Å²) in [5, 5.41) is 53.9. The molecule has 18 heteroatoms. The quantitative estimate of drug-likeness (QED) is 0.0311. The SMILES string of the molecule is CNC(CCc1ccccc1)C(=O)N(C)[C@@H](CCC(=O)O)C(=O)N[C@@H](Cc1ccc(O)cc1)C(=O)N[C@H](Cc1c[nH]c2ccccc12)C(=O)N[C@@H](CCCCN)C(=O)N[C@H](O)[C@@H](C)O. The first-order valence-electron chi connectivity index (χ1n) is 21.4. The number of unbranched alkanes of at least 4 members (excludes halogenated alkanes) is 1. The maximum absolute atomic E-state index is 14.6. The fraction of sp³-hybridized carbons (Fsp3) is 0.435. The standard InChI is InChI=1S/C46H62N8O10/c1-28(55)41(59)53-42(60)35(15-9-10-24-47)50-44(62)38(26-31-27-49-34-14-8-7-13-33(31)34)51-43(61)37(25-30-16-19-32(56)20-17-30)52-45(63)39(22-23-40(57)58)54(3)46(64)36(48-2)21-18-29-11-5-4-6-12-29/h4-8,11-14,16-17,19-20,27-28,35-39,41,48-49,55-56,59H,9-10,15,18,21-26,47H2,1-3H3,(H,50,62)(H,51,61)(H,52,63)(H,53,60)(H,57,58)/t28-,35+,36?,37+,38-,39+,41-/m1/s1. The molecule has 346 valence electrons. The Kier molecular flexibility index (Phi) is 19.7. The number of hydrogen-bond acceptors (Lipinski definition) is 11.